The SMILES string of the molecule is O=C(c1ccccc1Nc1ccccc1)C1CN(c2ccccc2)C(=O)O1. The quantitative estimate of drug-likeness (QED) is 0.675. The third-order valence-corrected chi connectivity index (χ3v) is 4.42. The first-order chi connectivity index (χ1) is 13.2. The number of nitrogens with one attached hydrogen (secondary N) is 1. The van der Waals surface area contributed by atoms with Gasteiger partial charge in [0.25, 0.3) is 0 Å². The van der Waals surface area contributed by atoms with E-state index in [4.69, 9.17) is 4.74 Å². The molecule has 1 amide bonds. The lowest BCUT2D eigenvalue weighted by molar-refractivity contribution is 0.0763. The number of amides is 1. The van der Waals surface area contributed by atoms with Gasteiger partial charge in [-0.2, -0.15) is 0 Å². The maximum absolute atomic E-state index is 13.0. The minimum Gasteiger partial charge on any atom is -0.435 e. The van der Waals surface area contributed by atoms with Crippen LogP contribution in [-0.2, 0) is 4.74 Å². The van der Waals surface area contributed by atoms with Crippen LogP contribution in [0.1, 0.15) is 10.4 Å². The van der Waals surface area contributed by atoms with Crippen molar-refractivity contribution in [3.05, 3.63) is 90.5 Å². The summed E-state index contributed by atoms with van der Waals surface area (Å²) in [5.41, 5.74) is 2.78. The molecule has 1 atom stereocenters. The van der Waals surface area contributed by atoms with E-state index in [0.717, 1.165) is 5.69 Å². The standard InChI is InChI=1S/C22H18N2O3/c25-21(20-15-24(22(26)27-20)17-11-5-2-6-12-17)18-13-7-8-14-19(18)23-16-9-3-1-4-10-16/h1-14,20,23H,15H2. The van der Waals surface area contributed by atoms with Crippen LogP contribution in [0.3, 0.4) is 0 Å². The van der Waals surface area contributed by atoms with E-state index in [2.05, 4.69) is 5.32 Å². The predicted octanol–water partition coefficient (Wildman–Crippen LogP) is 4.64. The summed E-state index contributed by atoms with van der Waals surface area (Å²) in [6.45, 7) is 0.196. The highest BCUT2D eigenvalue weighted by Crippen LogP contribution is 2.27. The van der Waals surface area contributed by atoms with E-state index in [1.54, 1.807) is 12.1 Å². The van der Waals surface area contributed by atoms with Gasteiger partial charge in [0, 0.05) is 22.6 Å². The van der Waals surface area contributed by atoms with E-state index in [1.807, 2.05) is 72.8 Å². The van der Waals surface area contributed by atoms with Crippen LogP contribution in [0.5, 0.6) is 0 Å². The largest absolute Gasteiger partial charge is 0.435 e. The minimum atomic E-state index is -0.837. The summed E-state index contributed by atoms with van der Waals surface area (Å²) < 4.78 is 5.36. The zero-order valence-electron chi connectivity index (χ0n) is 14.5. The highest BCUT2D eigenvalue weighted by molar-refractivity contribution is 6.07. The van der Waals surface area contributed by atoms with Gasteiger partial charge in [-0.25, -0.2) is 4.79 Å². The first kappa shape index (κ1) is 16.8. The number of para-hydroxylation sites is 3. The molecule has 134 valence electrons. The Balaban J connectivity index is 1.56. The summed E-state index contributed by atoms with van der Waals surface area (Å²) in [6, 6.07) is 26.1. The molecule has 0 saturated carbocycles. The van der Waals surface area contributed by atoms with Crippen molar-refractivity contribution >= 4 is 28.9 Å². The van der Waals surface area contributed by atoms with Crippen molar-refractivity contribution in [3.63, 3.8) is 0 Å². The number of benzene rings is 3. The lowest BCUT2D eigenvalue weighted by atomic mass is 10.0. The van der Waals surface area contributed by atoms with Crippen LogP contribution in [0.25, 0.3) is 0 Å². The molecule has 3 aromatic carbocycles. The zero-order valence-corrected chi connectivity index (χ0v) is 14.5. The number of ketones is 1. The Hall–Kier alpha value is -3.60. The van der Waals surface area contributed by atoms with Crippen LogP contribution in [0, 0.1) is 0 Å². The second-order valence-corrected chi connectivity index (χ2v) is 6.22. The van der Waals surface area contributed by atoms with Crippen LogP contribution in [-0.4, -0.2) is 24.5 Å². The molecule has 3 aromatic rings. The number of nitrogens with zero attached hydrogens (tertiary/aromatic N) is 1. The number of hydrogen-bond donors (Lipinski definition) is 1. The Bertz CT molecular complexity index is 958. The molecule has 4 rings (SSSR count). The van der Waals surface area contributed by atoms with Gasteiger partial charge in [-0.15, -0.1) is 0 Å². The van der Waals surface area contributed by atoms with Crippen molar-refractivity contribution in [2.45, 2.75) is 6.10 Å². The van der Waals surface area contributed by atoms with E-state index in [9.17, 15) is 9.59 Å². The number of ether oxygens (including phenoxy) is 1. The molecule has 1 unspecified atom stereocenters. The van der Waals surface area contributed by atoms with Crippen LogP contribution >= 0.6 is 0 Å². The zero-order chi connectivity index (χ0) is 18.6. The molecule has 0 aliphatic carbocycles. The fourth-order valence-corrected chi connectivity index (χ4v) is 3.08. The average Bonchev–Trinajstić information content (AvgIpc) is 3.11. The number of hydrogen-bond acceptors (Lipinski definition) is 4. The highest BCUT2D eigenvalue weighted by Gasteiger charge is 2.37. The van der Waals surface area contributed by atoms with Gasteiger partial charge in [-0.1, -0.05) is 48.5 Å². The number of rotatable bonds is 5. The van der Waals surface area contributed by atoms with Gasteiger partial charge in [0.2, 0.25) is 5.78 Å². The van der Waals surface area contributed by atoms with Crippen molar-refractivity contribution in [1.29, 1.82) is 0 Å². The van der Waals surface area contributed by atoms with Crippen LogP contribution in [0.15, 0.2) is 84.9 Å². The highest BCUT2D eigenvalue weighted by atomic mass is 16.6. The molecule has 1 aliphatic heterocycles. The summed E-state index contributed by atoms with van der Waals surface area (Å²) >= 11 is 0. The van der Waals surface area contributed by atoms with Gasteiger partial charge >= 0.3 is 6.09 Å². The number of carbonyl (C=O) groups is 2. The van der Waals surface area contributed by atoms with E-state index in [0.29, 0.717) is 16.9 Å². The Morgan fingerprint density at radius 3 is 2.26 bits per heavy atom. The third-order valence-electron chi connectivity index (χ3n) is 4.42. The van der Waals surface area contributed by atoms with Gasteiger partial charge in [0.15, 0.2) is 6.10 Å². The maximum Gasteiger partial charge on any atom is 0.415 e. The van der Waals surface area contributed by atoms with Gasteiger partial charge in [-0.3, -0.25) is 9.69 Å². The molecule has 1 aliphatic rings. The maximum atomic E-state index is 13.0. The summed E-state index contributed by atoms with van der Waals surface area (Å²) in [6.07, 6.45) is -1.34. The van der Waals surface area contributed by atoms with Crippen molar-refractivity contribution in [1.82, 2.24) is 0 Å². The third kappa shape index (κ3) is 3.53. The molecule has 1 saturated heterocycles. The molecule has 5 nitrogen and oxygen atoms in total. The smallest absolute Gasteiger partial charge is 0.415 e. The van der Waals surface area contributed by atoms with Gasteiger partial charge < -0.3 is 10.1 Å². The van der Waals surface area contributed by atoms with Gasteiger partial charge in [0.05, 0.1) is 6.54 Å². The first-order valence-electron chi connectivity index (χ1n) is 8.71. The van der Waals surface area contributed by atoms with E-state index >= 15 is 0 Å². The molecule has 0 spiro atoms. The summed E-state index contributed by atoms with van der Waals surface area (Å²) in [4.78, 5) is 26.8. The molecule has 5 heteroatoms. The fourth-order valence-electron chi connectivity index (χ4n) is 3.08. The lowest BCUT2D eigenvalue weighted by Gasteiger charge is -2.14. The van der Waals surface area contributed by atoms with Crippen LogP contribution in [0.2, 0.25) is 0 Å². The molecule has 27 heavy (non-hydrogen) atoms. The Morgan fingerprint density at radius 2 is 1.52 bits per heavy atom. The second-order valence-electron chi connectivity index (χ2n) is 6.22. The number of Topliss-reactive ketones (excluding diaryl/α,β-unsaturated/α-hetero) is 1. The van der Waals surface area contributed by atoms with Crippen molar-refractivity contribution < 1.29 is 14.3 Å². The van der Waals surface area contributed by atoms with E-state index in [-0.39, 0.29) is 12.3 Å². The summed E-state index contributed by atoms with van der Waals surface area (Å²) in [5.74, 6) is -0.221. The minimum absolute atomic E-state index is 0.196. The molecule has 0 radical (unpaired) electrons. The van der Waals surface area contributed by atoms with Crippen molar-refractivity contribution in [2.75, 3.05) is 16.8 Å². The molecular weight excluding hydrogens is 340 g/mol. The number of carbonyl (C=O) groups excluding carboxylic acids is 2. The molecule has 0 bridgehead atoms. The second kappa shape index (κ2) is 7.33. The van der Waals surface area contributed by atoms with Crippen molar-refractivity contribution in [2.24, 2.45) is 0 Å². The average molecular weight is 358 g/mol. The topological polar surface area (TPSA) is 58.6 Å². The van der Waals surface area contributed by atoms with E-state index < -0.39 is 12.2 Å². The predicted molar refractivity (Wildman–Crippen MR) is 105 cm³/mol. The first-order valence-corrected chi connectivity index (χ1v) is 8.71. The van der Waals surface area contributed by atoms with Crippen LogP contribution in [0.4, 0.5) is 21.9 Å². The summed E-state index contributed by atoms with van der Waals surface area (Å²) in [7, 11) is 0. The molecule has 1 N–H and O–H groups in total. The number of anilines is 3. The molecule has 1 fully saturated rings. The monoisotopic (exact) mass is 358 g/mol. The normalized spacial score (nSPS) is 16.1. The van der Waals surface area contributed by atoms with Gasteiger partial charge in [-0.05, 0) is 36.4 Å². The molecular formula is C22H18N2O3. The Morgan fingerprint density at radius 1 is 0.889 bits per heavy atom. The molecule has 1 heterocycles. The fraction of sp³-hybridized carbons (Fsp3) is 0.0909. The van der Waals surface area contributed by atoms with Crippen molar-refractivity contribution in [3.8, 4) is 0 Å². The lowest BCUT2D eigenvalue weighted by Crippen LogP contribution is -2.28. The molecule has 0 aromatic heterocycles. The van der Waals surface area contributed by atoms with Gasteiger partial charge in [0.1, 0.15) is 0 Å². The van der Waals surface area contributed by atoms with Crippen LogP contribution < -0.4 is 10.2 Å². The van der Waals surface area contributed by atoms with E-state index in [1.165, 1.54) is 4.90 Å². The Kier molecular flexibility index (Phi) is 4.58. The summed E-state index contributed by atoms with van der Waals surface area (Å²) in [5, 5.41) is 3.26. The Labute approximate surface area is 157 Å². The number of cyclic esters (lactones) is 1.